The number of carbonyl (C=O) groups excluding carboxylic acids is 1. The maximum absolute atomic E-state index is 12.8. The Kier molecular flexibility index (Phi) is 45.9. The number of unbranched alkanes of at least 4 members (excludes halogenated alkanes) is 36. The van der Waals surface area contributed by atoms with E-state index in [2.05, 4.69) is 26.0 Å². The lowest BCUT2D eigenvalue weighted by Gasteiger charge is -2.18. The summed E-state index contributed by atoms with van der Waals surface area (Å²) in [7, 11) is 0. The predicted molar refractivity (Wildman–Crippen MR) is 241 cm³/mol. The molecular weight excluding hydrogens is 677 g/mol. The first kappa shape index (κ1) is 53.7. The SMILES string of the molecule is CCCCCCCCCC/C=C\CCCC(CCCCCCCC(=O)O)OC(=O)CCCCCCCCCCCCCCCCCCCCCCCCCC. The molecule has 0 saturated carbocycles. The highest BCUT2D eigenvalue weighted by Crippen LogP contribution is 2.19. The van der Waals surface area contributed by atoms with Gasteiger partial charge >= 0.3 is 11.9 Å². The van der Waals surface area contributed by atoms with E-state index in [1.54, 1.807) is 0 Å². The van der Waals surface area contributed by atoms with E-state index >= 15 is 0 Å². The second kappa shape index (κ2) is 47.1. The number of esters is 1. The molecule has 0 heterocycles. The summed E-state index contributed by atoms with van der Waals surface area (Å²) in [6.45, 7) is 4.58. The van der Waals surface area contributed by atoms with Crippen LogP contribution in [0.2, 0.25) is 0 Å². The molecule has 0 radical (unpaired) electrons. The maximum Gasteiger partial charge on any atom is 0.306 e. The number of aliphatic carboxylic acids is 1. The monoisotopic (exact) mass is 775 g/mol. The number of allylic oxidation sites excluding steroid dienone is 2. The molecule has 0 aliphatic heterocycles. The third-order valence-corrected chi connectivity index (χ3v) is 11.7. The van der Waals surface area contributed by atoms with Crippen molar-refractivity contribution in [3.63, 3.8) is 0 Å². The summed E-state index contributed by atoms with van der Waals surface area (Å²) in [5.74, 6) is -0.703. The average Bonchev–Trinajstić information content (AvgIpc) is 3.17. The van der Waals surface area contributed by atoms with Gasteiger partial charge in [-0.15, -0.1) is 0 Å². The van der Waals surface area contributed by atoms with Crippen molar-refractivity contribution in [3.05, 3.63) is 12.2 Å². The number of carboxylic acids is 1. The van der Waals surface area contributed by atoms with Crippen molar-refractivity contribution in [1.29, 1.82) is 0 Å². The summed E-state index contributed by atoms with van der Waals surface area (Å²) in [6.07, 6.45) is 59.9. The molecule has 0 saturated heterocycles. The van der Waals surface area contributed by atoms with Crippen LogP contribution in [-0.2, 0) is 14.3 Å². The Balaban J connectivity index is 3.84. The topological polar surface area (TPSA) is 63.6 Å². The molecule has 0 aromatic heterocycles. The van der Waals surface area contributed by atoms with Gasteiger partial charge in [-0.05, 0) is 57.8 Å². The van der Waals surface area contributed by atoms with Crippen molar-refractivity contribution in [2.24, 2.45) is 0 Å². The van der Waals surface area contributed by atoms with Crippen molar-refractivity contribution in [1.82, 2.24) is 0 Å². The molecule has 0 aliphatic carbocycles. The molecule has 0 aromatic carbocycles. The first-order valence-corrected chi connectivity index (χ1v) is 25.2. The highest BCUT2D eigenvalue weighted by atomic mass is 16.5. The van der Waals surface area contributed by atoms with Gasteiger partial charge in [-0.3, -0.25) is 9.59 Å². The average molecular weight is 775 g/mol. The molecular formula is C51H98O4. The Morgan fingerprint density at radius 2 is 0.673 bits per heavy atom. The van der Waals surface area contributed by atoms with Gasteiger partial charge in [0.15, 0.2) is 0 Å². The lowest BCUT2D eigenvalue weighted by atomic mass is 10.0. The van der Waals surface area contributed by atoms with Gasteiger partial charge in [0, 0.05) is 12.8 Å². The van der Waals surface area contributed by atoms with Crippen LogP contribution in [0.3, 0.4) is 0 Å². The van der Waals surface area contributed by atoms with E-state index in [-0.39, 0.29) is 18.5 Å². The van der Waals surface area contributed by atoms with Crippen molar-refractivity contribution in [3.8, 4) is 0 Å². The molecule has 0 amide bonds. The van der Waals surface area contributed by atoms with Crippen LogP contribution >= 0.6 is 0 Å². The van der Waals surface area contributed by atoms with Crippen molar-refractivity contribution < 1.29 is 19.4 Å². The maximum atomic E-state index is 12.8. The van der Waals surface area contributed by atoms with Crippen LogP contribution in [0.15, 0.2) is 12.2 Å². The van der Waals surface area contributed by atoms with Gasteiger partial charge in [-0.1, -0.05) is 238 Å². The fourth-order valence-corrected chi connectivity index (χ4v) is 8.01. The Morgan fingerprint density at radius 1 is 0.382 bits per heavy atom. The van der Waals surface area contributed by atoms with E-state index in [0.717, 1.165) is 70.6 Å². The Bertz CT molecular complexity index is 792. The summed E-state index contributed by atoms with van der Waals surface area (Å²) in [5, 5.41) is 8.86. The number of carbonyl (C=O) groups is 2. The molecule has 0 spiro atoms. The smallest absolute Gasteiger partial charge is 0.306 e. The number of ether oxygens (including phenoxy) is 1. The lowest BCUT2D eigenvalue weighted by molar-refractivity contribution is -0.150. The minimum atomic E-state index is -0.699. The van der Waals surface area contributed by atoms with Gasteiger partial charge in [0.2, 0.25) is 0 Å². The molecule has 55 heavy (non-hydrogen) atoms. The van der Waals surface area contributed by atoms with E-state index in [1.807, 2.05) is 0 Å². The van der Waals surface area contributed by atoms with Crippen molar-refractivity contribution >= 4 is 11.9 Å². The Hall–Kier alpha value is -1.32. The quantitative estimate of drug-likeness (QED) is 0.0380. The number of hydrogen-bond donors (Lipinski definition) is 1. The second-order valence-electron chi connectivity index (χ2n) is 17.4. The highest BCUT2D eigenvalue weighted by Gasteiger charge is 2.14. The molecule has 0 aromatic rings. The molecule has 4 heteroatoms. The summed E-state index contributed by atoms with van der Waals surface area (Å²) in [5.41, 5.74) is 0. The second-order valence-corrected chi connectivity index (χ2v) is 17.4. The zero-order valence-corrected chi connectivity index (χ0v) is 37.5. The molecule has 1 atom stereocenters. The van der Waals surface area contributed by atoms with Gasteiger partial charge in [-0.2, -0.15) is 0 Å². The number of carboxylic acid groups (broad SMARTS) is 1. The molecule has 0 aliphatic rings. The molecule has 0 bridgehead atoms. The van der Waals surface area contributed by atoms with Crippen LogP contribution in [-0.4, -0.2) is 23.1 Å². The third-order valence-electron chi connectivity index (χ3n) is 11.7. The van der Waals surface area contributed by atoms with Gasteiger partial charge in [0.05, 0.1) is 0 Å². The van der Waals surface area contributed by atoms with Gasteiger partial charge in [0.1, 0.15) is 6.10 Å². The molecule has 0 fully saturated rings. The summed E-state index contributed by atoms with van der Waals surface area (Å²) in [6, 6.07) is 0. The third kappa shape index (κ3) is 47.0. The van der Waals surface area contributed by atoms with Crippen LogP contribution in [0.25, 0.3) is 0 Å². The van der Waals surface area contributed by atoms with E-state index < -0.39 is 5.97 Å². The minimum Gasteiger partial charge on any atom is -0.481 e. The minimum absolute atomic E-state index is 0.00417. The van der Waals surface area contributed by atoms with Crippen molar-refractivity contribution in [2.75, 3.05) is 0 Å². The first-order chi connectivity index (χ1) is 27.1. The lowest BCUT2D eigenvalue weighted by Crippen LogP contribution is -2.18. The van der Waals surface area contributed by atoms with E-state index in [0.29, 0.717) is 6.42 Å². The van der Waals surface area contributed by atoms with E-state index in [9.17, 15) is 9.59 Å². The highest BCUT2D eigenvalue weighted by molar-refractivity contribution is 5.69. The Morgan fingerprint density at radius 3 is 1.05 bits per heavy atom. The summed E-state index contributed by atoms with van der Waals surface area (Å²) in [4.78, 5) is 23.5. The van der Waals surface area contributed by atoms with Gasteiger partial charge in [0.25, 0.3) is 0 Å². The fraction of sp³-hybridized carbons (Fsp3) is 0.922. The number of rotatable bonds is 47. The van der Waals surface area contributed by atoms with Crippen LogP contribution in [0.5, 0.6) is 0 Å². The Labute approximate surface area is 345 Å². The number of hydrogen-bond acceptors (Lipinski definition) is 3. The standard InChI is InChI=1S/C51H98O4/c1-3-5-7-9-11-13-15-17-18-19-20-21-22-23-24-25-26-27-29-31-33-35-40-44-48-51(54)55-49(46-42-38-36-39-43-47-50(52)53)45-41-37-34-32-30-28-16-14-12-10-8-6-4-2/h32,34,49H,3-31,33,35-48H2,1-2H3,(H,52,53)/b34-32-. The van der Waals surface area contributed by atoms with Crippen LogP contribution in [0.4, 0.5) is 0 Å². The largest absolute Gasteiger partial charge is 0.481 e. The van der Waals surface area contributed by atoms with Crippen molar-refractivity contribution in [2.45, 2.75) is 302 Å². The molecule has 1 N–H and O–H groups in total. The fourth-order valence-electron chi connectivity index (χ4n) is 8.01. The van der Waals surface area contributed by atoms with Crippen LogP contribution in [0.1, 0.15) is 296 Å². The summed E-state index contributed by atoms with van der Waals surface area (Å²) >= 11 is 0. The van der Waals surface area contributed by atoms with Crippen LogP contribution < -0.4 is 0 Å². The molecule has 4 nitrogen and oxygen atoms in total. The normalized spacial score (nSPS) is 12.2. The van der Waals surface area contributed by atoms with Gasteiger partial charge in [-0.25, -0.2) is 0 Å². The molecule has 1 unspecified atom stereocenters. The van der Waals surface area contributed by atoms with E-state index in [4.69, 9.17) is 9.84 Å². The summed E-state index contributed by atoms with van der Waals surface area (Å²) < 4.78 is 6.03. The zero-order chi connectivity index (χ0) is 40.0. The van der Waals surface area contributed by atoms with Crippen LogP contribution in [0, 0.1) is 0 Å². The molecule has 326 valence electrons. The van der Waals surface area contributed by atoms with Gasteiger partial charge < -0.3 is 9.84 Å². The zero-order valence-electron chi connectivity index (χ0n) is 37.5. The molecule has 0 rings (SSSR count). The first-order valence-electron chi connectivity index (χ1n) is 25.2. The predicted octanol–water partition coefficient (Wildman–Crippen LogP) is 17.7. The van der Waals surface area contributed by atoms with E-state index in [1.165, 1.54) is 199 Å².